The molecule has 116 valence electrons. The van der Waals surface area contributed by atoms with Crippen LogP contribution in [0.2, 0.25) is 5.02 Å². The minimum atomic E-state index is -1.05. The molecule has 0 amide bonds. The Labute approximate surface area is 133 Å². The van der Waals surface area contributed by atoms with Crippen LogP contribution in [-0.2, 0) is 0 Å². The van der Waals surface area contributed by atoms with Crippen molar-refractivity contribution in [3.05, 3.63) is 47.4 Å². The maximum absolute atomic E-state index is 11.1. The van der Waals surface area contributed by atoms with Crippen LogP contribution >= 0.6 is 11.6 Å². The molecule has 6 nitrogen and oxygen atoms in total. The Morgan fingerprint density at radius 1 is 1.41 bits per heavy atom. The first-order valence-corrected chi connectivity index (χ1v) is 7.09. The number of hydrogen-bond donors (Lipinski definition) is 1. The largest absolute Gasteiger partial charge is 0.492 e. The molecule has 2 aromatic rings. The Kier molecular flexibility index (Phi) is 5.55. The average molecular weight is 322 g/mol. The van der Waals surface area contributed by atoms with E-state index in [4.69, 9.17) is 21.4 Å². The molecule has 2 rings (SSSR count). The maximum atomic E-state index is 11.1. The van der Waals surface area contributed by atoms with Crippen molar-refractivity contribution in [1.29, 1.82) is 0 Å². The highest BCUT2D eigenvalue weighted by atomic mass is 35.5. The number of anilines is 1. The summed E-state index contributed by atoms with van der Waals surface area (Å²) in [6.07, 6.45) is 3.32. The molecule has 0 saturated carbocycles. The van der Waals surface area contributed by atoms with E-state index in [1.165, 1.54) is 12.5 Å². The molecular formula is C15H16ClN3O3. The topological polar surface area (TPSA) is 75.5 Å². The van der Waals surface area contributed by atoms with Crippen molar-refractivity contribution in [2.75, 3.05) is 25.1 Å². The molecule has 0 aliphatic heterocycles. The smallest absolute Gasteiger partial charge is 0.341 e. The standard InChI is InChI=1S/C15H16ClN3O3/c1-19(14-11(15(20)21)9-17-10-18-14)7-4-8-22-13-6-3-2-5-12(13)16/h2-3,5-6,9-10H,4,7-8H2,1H3,(H,20,21). The molecule has 0 unspecified atom stereocenters. The summed E-state index contributed by atoms with van der Waals surface area (Å²) in [6.45, 7) is 1.07. The summed E-state index contributed by atoms with van der Waals surface area (Å²) in [6, 6.07) is 7.26. The fourth-order valence-corrected chi connectivity index (χ4v) is 2.12. The van der Waals surface area contributed by atoms with Gasteiger partial charge in [0.1, 0.15) is 23.5 Å². The van der Waals surface area contributed by atoms with E-state index in [0.29, 0.717) is 36.2 Å². The first-order chi connectivity index (χ1) is 10.6. The zero-order chi connectivity index (χ0) is 15.9. The Bertz CT molecular complexity index is 651. The van der Waals surface area contributed by atoms with Gasteiger partial charge in [-0.25, -0.2) is 14.8 Å². The van der Waals surface area contributed by atoms with E-state index in [9.17, 15) is 4.79 Å². The number of carbonyl (C=O) groups is 1. The fraction of sp³-hybridized carbons (Fsp3) is 0.267. The van der Waals surface area contributed by atoms with E-state index in [2.05, 4.69) is 9.97 Å². The predicted octanol–water partition coefficient (Wildman–Crippen LogP) is 2.73. The number of rotatable bonds is 7. The van der Waals surface area contributed by atoms with Gasteiger partial charge >= 0.3 is 5.97 Å². The van der Waals surface area contributed by atoms with Crippen LogP contribution in [0.25, 0.3) is 0 Å². The van der Waals surface area contributed by atoms with E-state index >= 15 is 0 Å². The van der Waals surface area contributed by atoms with Gasteiger partial charge in [0.2, 0.25) is 0 Å². The summed E-state index contributed by atoms with van der Waals surface area (Å²) in [7, 11) is 1.78. The number of carboxylic acids is 1. The summed E-state index contributed by atoms with van der Waals surface area (Å²) in [5.41, 5.74) is 0.0806. The van der Waals surface area contributed by atoms with Gasteiger partial charge in [-0.15, -0.1) is 0 Å². The van der Waals surface area contributed by atoms with Crippen LogP contribution in [0.15, 0.2) is 36.8 Å². The summed E-state index contributed by atoms with van der Waals surface area (Å²) in [4.78, 5) is 20.7. The third-order valence-corrected chi connectivity index (χ3v) is 3.33. The molecule has 7 heteroatoms. The van der Waals surface area contributed by atoms with Crippen molar-refractivity contribution >= 4 is 23.4 Å². The molecule has 1 aromatic carbocycles. The van der Waals surface area contributed by atoms with Gasteiger partial charge in [-0.2, -0.15) is 0 Å². The minimum Gasteiger partial charge on any atom is -0.492 e. The van der Waals surface area contributed by atoms with Crippen LogP contribution in [0, 0.1) is 0 Å². The molecule has 22 heavy (non-hydrogen) atoms. The molecule has 0 aliphatic carbocycles. The second-order valence-electron chi connectivity index (χ2n) is 4.62. The van der Waals surface area contributed by atoms with E-state index in [0.717, 1.165) is 0 Å². The number of aromatic carboxylic acids is 1. The van der Waals surface area contributed by atoms with Gasteiger partial charge in [0.05, 0.1) is 11.6 Å². The van der Waals surface area contributed by atoms with Crippen molar-refractivity contribution in [2.24, 2.45) is 0 Å². The molecule has 0 bridgehead atoms. The van der Waals surface area contributed by atoms with Gasteiger partial charge in [-0.1, -0.05) is 23.7 Å². The highest BCUT2D eigenvalue weighted by Crippen LogP contribution is 2.23. The summed E-state index contributed by atoms with van der Waals surface area (Å²) >= 11 is 6.00. The Balaban J connectivity index is 1.87. The van der Waals surface area contributed by atoms with Crippen molar-refractivity contribution in [1.82, 2.24) is 9.97 Å². The van der Waals surface area contributed by atoms with Gasteiger partial charge < -0.3 is 14.7 Å². The molecule has 0 saturated heterocycles. The lowest BCUT2D eigenvalue weighted by Crippen LogP contribution is -2.24. The van der Waals surface area contributed by atoms with Crippen molar-refractivity contribution in [2.45, 2.75) is 6.42 Å². The molecular weight excluding hydrogens is 306 g/mol. The van der Waals surface area contributed by atoms with E-state index < -0.39 is 5.97 Å². The number of aromatic nitrogens is 2. The van der Waals surface area contributed by atoms with Crippen molar-refractivity contribution < 1.29 is 14.6 Å². The fourth-order valence-electron chi connectivity index (χ4n) is 1.93. The van der Waals surface area contributed by atoms with E-state index in [-0.39, 0.29) is 5.56 Å². The molecule has 0 fully saturated rings. The van der Waals surface area contributed by atoms with Gasteiger partial charge in [0.15, 0.2) is 0 Å². The van der Waals surface area contributed by atoms with Crippen LogP contribution in [0.3, 0.4) is 0 Å². The van der Waals surface area contributed by atoms with E-state index in [1.807, 2.05) is 12.1 Å². The lowest BCUT2D eigenvalue weighted by molar-refractivity contribution is 0.0696. The van der Waals surface area contributed by atoms with Crippen LogP contribution in [0.5, 0.6) is 5.75 Å². The highest BCUT2D eigenvalue weighted by molar-refractivity contribution is 6.32. The number of ether oxygens (including phenoxy) is 1. The first-order valence-electron chi connectivity index (χ1n) is 6.71. The zero-order valence-electron chi connectivity index (χ0n) is 12.1. The van der Waals surface area contributed by atoms with Crippen LogP contribution < -0.4 is 9.64 Å². The van der Waals surface area contributed by atoms with Crippen LogP contribution in [-0.4, -0.2) is 41.2 Å². The zero-order valence-corrected chi connectivity index (χ0v) is 12.8. The lowest BCUT2D eigenvalue weighted by atomic mass is 10.3. The Hall–Kier alpha value is -2.34. The molecule has 1 aromatic heterocycles. The van der Waals surface area contributed by atoms with Crippen molar-refractivity contribution in [3.63, 3.8) is 0 Å². The Morgan fingerprint density at radius 2 is 2.18 bits per heavy atom. The summed E-state index contributed by atoms with van der Waals surface area (Å²) < 4.78 is 5.59. The number of nitrogens with zero attached hydrogens (tertiary/aromatic N) is 3. The molecule has 0 atom stereocenters. The summed E-state index contributed by atoms with van der Waals surface area (Å²) in [5.74, 6) is -0.0184. The third-order valence-electron chi connectivity index (χ3n) is 3.02. The van der Waals surface area contributed by atoms with Gasteiger partial charge in [0.25, 0.3) is 0 Å². The normalized spacial score (nSPS) is 10.3. The average Bonchev–Trinajstić information content (AvgIpc) is 2.52. The lowest BCUT2D eigenvalue weighted by Gasteiger charge is -2.19. The molecule has 0 aliphatic rings. The Morgan fingerprint density at radius 3 is 2.91 bits per heavy atom. The van der Waals surface area contributed by atoms with Crippen molar-refractivity contribution in [3.8, 4) is 5.75 Å². The number of benzene rings is 1. The maximum Gasteiger partial charge on any atom is 0.341 e. The number of halogens is 1. The number of para-hydroxylation sites is 1. The first kappa shape index (κ1) is 16.0. The number of hydrogen-bond acceptors (Lipinski definition) is 5. The minimum absolute atomic E-state index is 0.0806. The van der Waals surface area contributed by atoms with E-state index in [1.54, 1.807) is 24.1 Å². The second kappa shape index (κ2) is 7.61. The monoisotopic (exact) mass is 321 g/mol. The number of carboxylic acid groups (broad SMARTS) is 1. The van der Waals surface area contributed by atoms with Gasteiger partial charge in [-0.3, -0.25) is 0 Å². The third kappa shape index (κ3) is 4.08. The summed E-state index contributed by atoms with van der Waals surface area (Å²) in [5, 5.41) is 9.69. The van der Waals surface area contributed by atoms with Gasteiger partial charge in [0, 0.05) is 19.8 Å². The molecule has 1 N–H and O–H groups in total. The molecule has 1 heterocycles. The van der Waals surface area contributed by atoms with Crippen LogP contribution in [0.4, 0.5) is 5.82 Å². The molecule has 0 radical (unpaired) electrons. The SMILES string of the molecule is CN(CCCOc1ccccc1Cl)c1ncncc1C(=O)O. The van der Waals surface area contributed by atoms with Crippen LogP contribution in [0.1, 0.15) is 16.8 Å². The quantitative estimate of drug-likeness (QED) is 0.790. The highest BCUT2D eigenvalue weighted by Gasteiger charge is 2.14. The second-order valence-corrected chi connectivity index (χ2v) is 5.03. The van der Waals surface area contributed by atoms with Gasteiger partial charge in [-0.05, 0) is 18.6 Å². The predicted molar refractivity (Wildman–Crippen MR) is 83.8 cm³/mol. The molecule has 0 spiro atoms.